The number of hydrogen-bond donors (Lipinski definition) is 3. The van der Waals surface area contributed by atoms with Crippen molar-refractivity contribution in [3.05, 3.63) is 71.8 Å². The molecule has 3 atom stereocenters. The molecular formula is C24H27F3N4O4. The molecule has 0 saturated carbocycles. The second-order valence-electron chi connectivity index (χ2n) is 8.48. The smallest absolute Gasteiger partial charge is 0.416 e. The number of aliphatic hydroxyl groups is 1. The normalized spacial score (nSPS) is 22.1. The lowest BCUT2D eigenvalue weighted by atomic mass is 9.83. The Morgan fingerprint density at radius 3 is 2.46 bits per heavy atom. The number of aromatic amines is 1. The van der Waals surface area contributed by atoms with Crippen LogP contribution in [0.25, 0.3) is 0 Å². The maximum Gasteiger partial charge on any atom is 0.416 e. The molecule has 0 fully saturated rings. The van der Waals surface area contributed by atoms with E-state index in [-0.39, 0.29) is 6.54 Å². The topological polar surface area (TPSA) is 106 Å². The van der Waals surface area contributed by atoms with E-state index in [1.54, 1.807) is 42.4 Å². The monoisotopic (exact) mass is 492 g/mol. The third-order valence-corrected chi connectivity index (χ3v) is 6.20. The van der Waals surface area contributed by atoms with Crippen LogP contribution in [0.15, 0.2) is 54.9 Å². The fourth-order valence-corrected chi connectivity index (χ4v) is 4.50. The summed E-state index contributed by atoms with van der Waals surface area (Å²) < 4.78 is 56.8. The van der Waals surface area contributed by atoms with E-state index < -0.39 is 35.8 Å². The Labute approximate surface area is 200 Å². The van der Waals surface area contributed by atoms with E-state index in [2.05, 4.69) is 9.97 Å². The van der Waals surface area contributed by atoms with Gasteiger partial charge in [-0.25, -0.2) is 4.98 Å². The van der Waals surface area contributed by atoms with Gasteiger partial charge in [0.15, 0.2) is 11.9 Å². The van der Waals surface area contributed by atoms with E-state index in [1.807, 2.05) is 0 Å². The molecule has 0 amide bonds. The summed E-state index contributed by atoms with van der Waals surface area (Å²) >= 11 is 0. The molecule has 0 saturated heterocycles. The molecule has 35 heavy (non-hydrogen) atoms. The lowest BCUT2D eigenvalue weighted by Gasteiger charge is -2.50. The minimum Gasteiger partial charge on any atom is -0.479 e. The van der Waals surface area contributed by atoms with Crippen molar-refractivity contribution in [1.29, 1.82) is 0 Å². The number of alkyl halides is 3. The summed E-state index contributed by atoms with van der Waals surface area (Å²) in [5.41, 5.74) is 5.35. The Hall–Kier alpha value is -3.28. The van der Waals surface area contributed by atoms with Crippen LogP contribution in [0, 0.1) is 0 Å². The van der Waals surface area contributed by atoms with Gasteiger partial charge in [0.25, 0.3) is 0 Å². The van der Waals surface area contributed by atoms with Gasteiger partial charge in [0.2, 0.25) is 0 Å². The molecule has 2 heterocycles. The van der Waals surface area contributed by atoms with Crippen LogP contribution in [0.5, 0.6) is 5.75 Å². The minimum absolute atomic E-state index is 0.148. The van der Waals surface area contributed by atoms with Gasteiger partial charge in [0.1, 0.15) is 17.7 Å². The molecule has 0 spiro atoms. The zero-order valence-corrected chi connectivity index (χ0v) is 19.4. The summed E-state index contributed by atoms with van der Waals surface area (Å²) in [6.07, 6.45) is -3.47. The van der Waals surface area contributed by atoms with Crippen molar-refractivity contribution in [1.82, 2.24) is 9.97 Å². The molecule has 0 bridgehead atoms. The highest BCUT2D eigenvalue weighted by atomic mass is 19.4. The van der Waals surface area contributed by atoms with Gasteiger partial charge < -0.3 is 34.9 Å². The van der Waals surface area contributed by atoms with Crippen LogP contribution in [0.1, 0.15) is 29.9 Å². The molecule has 0 aliphatic carbocycles. The Bertz CT molecular complexity index is 1140. The highest BCUT2D eigenvalue weighted by Gasteiger charge is 2.54. The third kappa shape index (κ3) is 4.66. The van der Waals surface area contributed by atoms with Crippen molar-refractivity contribution in [3.8, 4) is 5.75 Å². The van der Waals surface area contributed by atoms with Crippen LogP contribution < -0.4 is 15.4 Å². The predicted molar refractivity (Wildman–Crippen MR) is 123 cm³/mol. The number of aromatic nitrogens is 2. The number of imidazole rings is 1. The summed E-state index contributed by atoms with van der Waals surface area (Å²) in [6.45, 7) is 1.80. The first-order chi connectivity index (χ1) is 16.6. The van der Waals surface area contributed by atoms with Crippen molar-refractivity contribution in [3.63, 3.8) is 0 Å². The van der Waals surface area contributed by atoms with E-state index >= 15 is 0 Å². The number of aliphatic hydroxyl groups excluding tert-OH is 1. The Kier molecular flexibility index (Phi) is 6.67. The molecule has 1 aromatic heterocycles. The standard InChI is InChI=1S/C24H27F3N4O4/c1-23(22(33-2)34-3)21(32)20(17-12-15(28)6-9-18(17)35-23)31(13-19-29-10-11-30-19)16-7-4-14(5-8-16)24(25,26)27/h4-12,20-22,32H,13,28H2,1-3H3,(H,29,30)/t20-,21+,23+/m1/s1. The highest BCUT2D eigenvalue weighted by molar-refractivity contribution is 5.57. The summed E-state index contributed by atoms with van der Waals surface area (Å²) in [5, 5.41) is 11.7. The van der Waals surface area contributed by atoms with Crippen LogP contribution in [0.4, 0.5) is 24.5 Å². The van der Waals surface area contributed by atoms with Crippen LogP contribution in [-0.2, 0) is 22.2 Å². The molecule has 0 unspecified atom stereocenters. The Morgan fingerprint density at radius 2 is 1.89 bits per heavy atom. The minimum atomic E-state index is -4.48. The fourth-order valence-electron chi connectivity index (χ4n) is 4.50. The number of nitrogen functional groups attached to an aromatic ring is 1. The van der Waals surface area contributed by atoms with Crippen molar-refractivity contribution in [2.24, 2.45) is 0 Å². The number of rotatable bonds is 7. The molecule has 11 heteroatoms. The molecule has 2 aromatic carbocycles. The number of benzene rings is 2. The molecule has 8 nitrogen and oxygen atoms in total. The highest BCUT2D eigenvalue weighted by Crippen LogP contribution is 2.47. The van der Waals surface area contributed by atoms with Gasteiger partial charge in [0.05, 0.1) is 18.2 Å². The molecular weight excluding hydrogens is 465 g/mol. The molecule has 0 radical (unpaired) electrons. The van der Waals surface area contributed by atoms with E-state index in [0.717, 1.165) is 12.1 Å². The molecule has 3 aromatic rings. The predicted octanol–water partition coefficient (Wildman–Crippen LogP) is 3.89. The Balaban J connectivity index is 1.88. The zero-order chi connectivity index (χ0) is 25.4. The first-order valence-corrected chi connectivity index (χ1v) is 10.8. The van der Waals surface area contributed by atoms with E-state index in [4.69, 9.17) is 19.9 Å². The number of nitrogens with two attached hydrogens (primary N) is 1. The summed E-state index contributed by atoms with van der Waals surface area (Å²) in [6, 6.07) is 8.95. The number of anilines is 2. The third-order valence-electron chi connectivity index (χ3n) is 6.20. The largest absolute Gasteiger partial charge is 0.479 e. The number of fused-ring (bicyclic) bond motifs is 1. The number of nitrogens with zero attached hydrogens (tertiary/aromatic N) is 2. The maximum atomic E-state index is 13.2. The van der Waals surface area contributed by atoms with Crippen LogP contribution in [0.2, 0.25) is 0 Å². The van der Waals surface area contributed by atoms with Gasteiger partial charge in [-0.2, -0.15) is 13.2 Å². The average molecular weight is 492 g/mol. The quantitative estimate of drug-likeness (QED) is 0.339. The van der Waals surface area contributed by atoms with Crippen LogP contribution >= 0.6 is 0 Å². The summed E-state index contributed by atoms with van der Waals surface area (Å²) in [7, 11) is 2.86. The van der Waals surface area contributed by atoms with Crippen LogP contribution in [0.3, 0.4) is 0 Å². The van der Waals surface area contributed by atoms with Gasteiger partial charge in [-0.3, -0.25) is 0 Å². The summed E-state index contributed by atoms with van der Waals surface area (Å²) in [5.74, 6) is 0.984. The number of ether oxygens (including phenoxy) is 3. The Morgan fingerprint density at radius 1 is 1.20 bits per heavy atom. The van der Waals surface area contributed by atoms with Gasteiger partial charge in [-0.15, -0.1) is 0 Å². The number of hydrogen-bond acceptors (Lipinski definition) is 7. The lowest BCUT2D eigenvalue weighted by molar-refractivity contribution is -0.237. The van der Waals surface area contributed by atoms with Gasteiger partial charge in [0, 0.05) is 43.6 Å². The van der Waals surface area contributed by atoms with Gasteiger partial charge in [-0.05, 0) is 49.4 Å². The number of halogens is 3. The molecule has 4 N–H and O–H groups in total. The van der Waals surface area contributed by atoms with E-state index in [0.29, 0.717) is 28.5 Å². The second kappa shape index (κ2) is 9.40. The first-order valence-electron chi connectivity index (χ1n) is 10.8. The second-order valence-corrected chi connectivity index (χ2v) is 8.48. The van der Waals surface area contributed by atoms with Crippen molar-refractivity contribution >= 4 is 11.4 Å². The van der Waals surface area contributed by atoms with E-state index in [1.165, 1.54) is 26.4 Å². The maximum absolute atomic E-state index is 13.2. The van der Waals surface area contributed by atoms with E-state index in [9.17, 15) is 18.3 Å². The molecule has 188 valence electrons. The summed E-state index contributed by atoms with van der Waals surface area (Å²) in [4.78, 5) is 9.03. The number of H-pyrrole nitrogens is 1. The van der Waals surface area contributed by atoms with Gasteiger partial charge >= 0.3 is 6.18 Å². The number of nitrogens with one attached hydrogen (secondary N) is 1. The van der Waals surface area contributed by atoms with Crippen molar-refractivity contribution < 1.29 is 32.5 Å². The van der Waals surface area contributed by atoms with Crippen molar-refractivity contribution in [2.75, 3.05) is 24.9 Å². The average Bonchev–Trinajstić information content (AvgIpc) is 3.33. The van der Waals surface area contributed by atoms with Crippen LogP contribution in [-0.4, -0.2) is 47.3 Å². The molecule has 4 rings (SSSR count). The fraction of sp³-hybridized carbons (Fsp3) is 0.375. The van der Waals surface area contributed by atoms with Gasteiger partial charge in [-0.1, -0.05) is 0 Å². The zero-order valence-electron chi connectivity index (χ0n) is 19.4. The first kappa shape index (κ1) is 24.8. The van der Waals surface area contributed by atoms with Crippen molar-refractivity contribution in [2.45, 2.75) is 43.7 Å². The molecule has 1 aliphatic rings. The molecule has 1 aliphatic heterocycles. The lowest BCUT2D eigenvalue weighted by Crippen LogP contribution is -2.62. The number of methoxy groups -OCH3 is 2. The SMILES string of the molecule is COC(OC)[C@@]1(C)Oc2ccc(N)cc2[C@@H](N(Cc2ncc[nH]2)c2ccc(C(F)(F)F)cc2)[C@@H]1O.